The molecule has 13 heteroatoms. The summed E-state index contributed by atoms with van der Waals surface area (Å²) >= 11 is 0. The maximum Gasteiger partial charge on any atom is 0.160 e. The van der Waals surface area contributed by atoms with E-state index >= 15 is 0 Å². The molecule has 17 aromatic carbocycles. The Balaban J connectivity index is 0.000000116. The molecule has 0 amide bonds. The van der Waals surface area contributed by atoms with Crippen molar-refractivity contribution in [3.8, 4) is 202 Å². The predicted octanol–water partition coefficient (Wildman–Crippen LogP) is 34.1. The fraction of sp³-hybridized carbons (Fsp3) is 0. The summed E-state index contributed by atoms with van der Waals surface area (Å²) < 4.78 is 0. The van der Waals surface area contributed by atoms with Crippen LogP contribution < -0.4 is 0 Å². The normalized spacial score (nSPS) is 11.2. The molecule has 0 unspecified atom stereocenters. The summed E-state index contributed by atoms with van der Waals surface area (Å²) in [5, 5.41) is 10.8. The molecule has 0 bridgehead atoms. The van der Waals surface area contributed by atoms with Gasteiger partial charge in [0, 0.05) is 132 Å². The third-order valence-electron chi connectivity index (χ3n) is 27.4. The van der Waals surface area contributed by atoms with E-state index in [0.717, 1.165) is 168 Å². The van der Waals surface area contributed by atoms with Gasteiger partial charge in [0.1, 0.15) is 0 Å². The molecule has 0 atom stereocenters. The standard InChI is InChI=1S/C47H31N3.2C45H29N5/c1-4-13-33(14-5-1)41-30-43(48-42-28-27-34-15-10-11-22-40(34)46(41)42)39-21-12-20-38(29-39)32-23-25-36(26-24-32)45-31-44(35-16-6-2-7-17-35)49-47(50-45)37-18-8-3-9-19-37;1-2-9-31(10-3-1)39-26-41(48-40-22-21-32-11-4-5-16-38(32)44(39)40)35-13-6-12-34(25-35)30-17-19-33(20-18-30)45-49-42(36-14-7-23-46-28-36)27-43(50-45)37-15-8-24-47-29-37;1-2-7-31(8-3-1)39-28-41(48-40-18-17-32-9-4-5-12-38(32)44(39)40)37-11-6-10-36(27-37)30-13-15-35(16-14-30)45-49-42(33-19-23-46-24-20-33)29-43(50-45)34-21-25-47-26-22-34/h1-31H;2*1-29H. The van der Waals surface area contributed by atoms with Gasteiger partial charge in [-0.1, -0.05) is 370 Å². The second kappa shape index (κ2) is 41.1. The summed E-state index contributed by atoms with van der Waals surface area (Å²) in [6, 6.07) is 171. The quantitative estimate of drug-likeness (QED) is 0.0745. The minimum Gasteiger partial charge on any atom is -0.265 e. The van der Waals surface area contributed by atoms with E-state index in [4.69, 9.17) is 44.9 Å². The highest BCUT2D eigenvalue weighted by molar-refractivity contribution is 6.17. The number of hydrogen-bond acceptors (Lipinski definition) is 13. The fourth-order valence-electron chi connectivity index (χ4n) is 19.9. The van der Waals surface area contributed by atoms with Crippen LogP contribution >= 0.6 is 0 Å². The Hall–Kier alpha value is -20.4. The van der Waals surface area contributed by atoms with Crippen molar-refractivity contribution in [2.24, 2.45) is 0 Å². The first-order valence-corrected chi connectivity index (χ1v) is 50.0. The van der Waals surface area contributed by atoms with Crippen LogP contribution in [-0.2, 0) is 0 Å². The molecule has 0 spiro atoms. The molecule has 27 aromatic rings. The van der Waals surface area contributed by atoms with Crippen LogP contribution in [0.15, 0.2) is 541 Å². The summed E-state index contributed by atoms with van der Waals surface area (Å²) in [6.45, 7) is 0. The number of hydrogen-bond donors (Lipinski definition) is 0. The number of pyridine rings is 7. The zero-order valence-corrected chi connectivity index (χ0v) is 81.2. The van der Waals surface area contributed by atoms with E-state index in [1.54, 1.807) is 37.2 Å². The number of fused-ring (bicyclic) bond motifs is 9. The molecule has 27 rings (SSSR count). The summed E-state index contributed by atoms with van der Waals surface area (Å²) in [7, 11) is 0. The van der Waals surface area contributed by atoms with Gasteiger partial charge in [-0.2, -0.15) is 0 Å². The van der Waals surface area contributed by atoms with E-state index in [9.17, 15) is 0 Å². The van der Waals surface area contributed by atoms with E-state index in [1.165, 1.54) is 81.9 Å². The second-order valence-corrected chi connectivity index (χ2v) is 36.9. The molecule has 13 nitrogen and oxygen atoms in total. The molecular formula is C137H89N13. The predicted molar refractivity (Wildman–Crippen MR) is 614 cm³/mol. The van der Waals surface area contributed by atoms with Crippen LogP contribution in [0.25, 0.3) is 267 Å². The molecule has 0 N–H and O–H groups in total. The molecule has 0 aliphatic rings. The van der Waals surface area contributed by atoms with Crippen LogP contribution in [0.4, 0.5) is 0 Å². The molecule has 0 radical (unpaired) electrons. The van der Waals surface area contributed by atoms with Crippen LogP contribution in [-0.4, -0.2) is 64.8 Å². The fourth-order valence-corrected chi connectivity index (χ4v) is 19.9. The van der Waals surface area contributed by atoms with E-state index in [2.05, 4.69) is 414 Å². The van der Waals surface area contributed by atoms with Crippen LogP contribution in [0.1, 0.15) is 0 Å². The van der Waals surface area contributed by atoms with Gasteiger partial charge < -0.3 is 0 Å². The van der Waals surface area contributed by atoms with E-state index < -0.39 is 0 Å². The highest BCUT2D eigenvalue weighted by atomic mass is 14.9. The van der Waals surface area contributed by atoms with E-state index in [1.807, 2.05) is 109 Å². The number of nitrogens with zero attached hydrogens (tertiary/aromatic N) is 13. The zero-order valence-electron chi connectivity index (χ0n) is 81.2. The third kappa shape index (κ3) is 19.1. The Morgan fingerprint density at radius 2 is 0.353 bits per heavy atom. The average Bonchev–Trinajstić information content (AvgIpc) is 0.748. The number of aromatic nitrogens is 13. The van der Waals surface area contributed by atoms with Gasteiger partial charge in [0.2, 0.25) is 0 Å². The monoisotopic (exact) mass is 1920 g/mol. The lowest BCUT2D eigenvalue weighted by atomic mass is 9.94. The van der Waals surface area contributed by atoms with Crippen LogP contribution in [0, 0.1) is 0 Å². The first-order chi connectivity index (χ1) is 74.3. The van der Waals surface area contributed by atoms with Crippen molar-refractivity contribution in [1.82, 2.24) is 64.8 Å². The molecule has 150 heavy (non-hydrogen) atoms. The molecule has 10 aromatic heterocycles. The lowest BCUT2D eigenvalue weighted by Crippen LogP contribution is -1.96. The largest absolute Gasteiger partial charge is 0.265 e. The van der Waals surface area contributed by atoms with Crippen molar-refractivity contribution < 1.29 is 0 Å². The second-order valence-electron chi connectivity index (χ2n) is 36.9. The first kappa shape index (κ1) is 90.8. The Bertz CT molecular complexity index is 8570. The Labute approximate surface area is 867 Å². The van der Waals surface area contributed by atoms with Gasteiger partial charge in [-0.05, 0) is 220 Å². The summed E-state index contributed by atoms with van der Waals surface area (Å²) in [4.78, 5) is 62.4. The third-order valence-corrected chi connectivity index (χ3v) is 27.4. The summed E-state index contributed by atoms with van der Waals surface area (Å²) in [5.41, 5.74) is 36.6. The van der Waals surface area contributed by atoms with Gasteiger partial charge in [0.05, 0.1) is 67.8 Å². The maximum atomic E-state index is 5.22. The van der Waals surface area contributed by atoms with Crippen molar-refractivity contribution in [2.45, 2.75) is 0 Å². The zero-order chi connectivity index (χ0) is 99.8. The summed E-state index contributed by atoms with van der Waals surface area (Å²) in [5.74, 6) is 2.02. The van der Waals surface area contributed by atoms with Crippen LogP contribution in [0.3, 0.4) is 0 Å². The van der Waals surface area contributed by atoms with Crippen molar-refractivity contribution in [1.29, 1.82) is 0 Å². The van der Waals surface area contributed by atoms with Gasteiger partial charge >= 0.3 is 0 Å². The van der Waals surface area contributed by atoms with Crippen LogP contribution in [0.2, 0.25) is 0 Å². The van der Waals surface area contributed by atoms with Gasteiger partial charge in [0.25, 0.3) is 0 Å². The lowest BCUT2D eigenvalue weighted by Gasteiger charge is -2.14. The average molecular weight is 1920 g/mol. The lowest BCUT2D eigenvalue weighted by molar-refractivity contribution is 1.17. The molecule has 0 aliphatic heterocycles. The van der Waals surface area contributed by atoms with Gasteiger partial charge in [-0.3, -0.25) is 19.9 Å². The maximum absolute atomic E-state index is 5.22. The van der Waals surface area contributed by atoms with Gasteiger partial charge in [0.15, 0.2) is 17.5 Å². The van der Waals surface area contributed by atoms with Gasteiger partial charge in [-0.15, -0.1) is 0 Å². The van der Waals surface area contributed by atoms with Crippen molar-refractivity contribution >= 4 is 65.0 Å². The smallest absolute Gasteiger partial charge is 0.160 e. The van der Waals surface area contributed by atoms with Crippen molar-refractivity contribution in [3.05, 3.63) is 541 Å². The molecule has 0 aliphatic carbocycles. The Morgan fingerprint density at radius 1 is 0.120 bits per heavy atom. The van der Waals surface area contributed by atoms with E-state index in [0.29, 0.717) is 17.5 Å². The van der Waals surface area contributed by atoms with Crippen molar-refractivity contribution in [2.75, 3.05) is 0 Å². The Morgan fingerprint density at radius 3 is 0.667 bits per heavy atom. The minimum atomic E-state index is 0.645. The van der Waals surface area contributed by atoms with E-state index in [-0.39, 0.29) is 0 Å². The molecule has 702 valence electrons. The highest BCUT2D eigenvalue weighted by Crippen LogP contribution is 2.45. The van der Waals surface area contributed by atoms with Crippen molar-refractivity contribution in [3.63, 3.8) is 0 Å². The molecule has 0 saturated carbocycles. The highest BCUT2D eigenvalue weighted by Gasteiger charge is 2.22. The Kier molecular flexibility index (Phi) is 24.9. The molecule has 0 saturated heterocycles. The first-order valence-electron chi connectivity index (χ1n) is 50.0. The minimum absolute atomic E-state index is 0.645. The number of benzene rings is 17. The number of rotatable bonds is 18. The molecule has 0 fully saturated rings. The molecule has 10 heterocycles. The van der Waals surface area contributed by atoms with Crippen LogP contribution in [0.5, 0.6) is 0 Å². The molecular weight excluding hydrogens is 1830 g/mol. The topological polar surface area (TPSA) is 168 Å². The SMILES string of the molecule is c1ccc(-c2cc(-c3ccc(-c4cccc(-c5cc(-c6ccccc6)c6c(ccc7ccccc76)n5)c4)cc3)nc(-c3ccccc3)n2)cc1.c1ccc(-c2cc(-c3cccc(-c4ccc(-c5nc(-c6cccnc6)cc(-c6cccnc6)n5)cc4)c3)nc3ccc4ccccc4c23)cc1.c1ccc(-c2cc(-c3cccc(-c4ccc(-c5nc(-c6ccncc6)cc(-c6ccncc6)n5)cc4)c3)nc3ccc4ccccc4c23)cc1. The summed E-state index contributed by atoms with van der Waals surface area (Å²) in [6.07, 6.45) is 14.3. The van der Waals surface area contributed by atoms with Gasteiger partial charge in [-0.25, -0.2) is 44.9 Å².